The number of halogens is 2. The van der Waals surface area contributed by atoms with Crippen LogP contribution in [0, 0.1) is 12.7 Å². The smallest absolute Gasteiger partial charge is 0.405 e. The molecule has 0 fully saturated rings. The summed E-state index contributed by atoms with van der Waals surface area (Å²) in [6.45, 7) is 3.14. The fourth-order valence-electron chi connectivity index (χ4n) is 2.70. The van der Waals surface area contributed by atoms with Gasteiger partial charge < -0.3 is 10.4 Å². The molecule has 0 bridgehead atoms. The Hall–Kier alpha value is -3.00. The normalized spacial score (nSPS) is 12.2. The van der Waals surface area contributed by atoms with Gasteiger partial charge in [0.05, 0.1) is 39.5 Å². The SMILES string of the molecule is Cc1ncc(F)cc1-n1c([C@H](C)NC(=O)O)nc2cccc(Cl)c2c1=O. The van der Waals surface area contributed by atoms with Crippen molar-refractivity contribution in [1.29, 1.82) is 0 Å². The molecule has 134 valence electrons. The molecule has 2 aromatic heterocycles. The summed E-state index contributed by atoms with van der Waals surface area (Å²) in [6.07, 6.45) is -0.247. The minimum absolute atomic E-state index is 0.0997. The van der Waals surface area contributed by atoms with Gasteiger partial charge in [0.2, 0.25) is 0 Å². The number of carboxylic acid groups (broad SMARTS) is 1. The van der Waals surface area contributed by atoms with E-state index in [4.69, 9.17) is 16.7 Å². The van der Waals surface area contributed by atoms with Crippen molar-refractivity contribution in [1.82, 2.24) is 19.9 Å². The molecule has 0 radical (unpaired) electrons. The molecule has 1 atom stereocenters. The first kappa shape index (κ1) is 17.8. The van der Waals surface area contributed by atoms with Crippen LogP contribution in [-0.2, 0) is 0 Å². The van der Waals surface area contributed by atoms with Gasteiger partial charge >= 0.3 is 6.09 Å². The van der Waals surface area contributed by atoms with Crippen molar-refractivity contribution >= 4 is 28.6 Å². The maximum Gasteiger partial charge on any atom is 0.405 e. The number of fused-ring (bicyclic) bond motifs is 1. The van der Waals surface area contributed by atoms with Crippen LogP contribution in [0.1, 0.15) is 24.5 Å². The molecule has 0 aliphatic rings. The van der Waals surface area contributed by atoms with Crippen LogP contribution in [0.15, 0.2) is 35.3 Å². The van der Waals surface area contributed by atoms with Crippen LogP contribution in [-0.4, -0.2) is 25.7 Å². The maximum absolute atomic E-state index is 13.8. The van der Waals surface area contributed by atoms with Gasteiger partial charge in [-0.2, -0.15) is 0 Å². The largest absolute Gasteiger partial charge is 0.465 e. The van der Waals surface area contributed by atoms with E-state index in [0.29, 0.717) is 11.2 Å². The van der Waals surface area contributed by atoms with Gasteiger partial charge in [0, 0.05) is 6.07 Å². The maximum atomic E-state index is 13.8. The van der Waals surface area contributed by atoms with Gasteiger partial charge in [-0.3, -0.25) is 14.3 Å². The summed E-state index contributed by atoms with van der Waals surface area (Å²) in [5.41, 5.74) is 0.323. The number of hydrogen-bond donors (Lipinski definition) is 2. The van der Waals surface area contributed by atoms with E-state index in [1.165, 1.54) is 6.92 Å². The van der Waals surface area contributed by atoms with Crippen LogP contribution < -0.4 is 10.9 Å². The molecule has 0 saturated carbocycles. The molecule has 2 heterocycles. The summed E-state index contributed by atoms with van der Waals surface area (Å²) in [5, 5.41) is 11.6. The van der Waals surface area contributed by atoms with Crippen molar-refractivity contribution < 1.29 is 14.3 Å². The highest BCUT2D eigenvalue weighted by Gasteiger charge is 2.22. The van der Waals surface area contributed by atoms with E-state index < -0.39 is 23.5 Å². The van der Waals surface area contributed by atoms with E-state index in [1.54, 1.807) is 25.1 Å². The molecule has 7 nitrogen and oxygen atoms in total. The topological polar surface area (TPSA) is 97.1 Å². The van der Waals surface area contributed by atoms with E-state index in [-0.39, 0.29) is 21.9 Å². The number of hydrogen-bond acceptors (Lipinski definition) is 4. The van der Waals surface area contributed by atoms with Crippen LogP contribution in [0.25, 0.3) is 16.6 Å². The van der Waals surface area contributed by atoms with Crippen molar-refractivity contribution in [3.05, 3.63) is 63.2 Å². The number of aromatic nitrogens is 3. The lowest BCUT2D eigenvalue weighted by Gasteiger charge is -2.19. The summed E-state index contributed by atoms with van der Waals surface area (Å²) in [5.74, 6) is -0.538. The molecular weight excluding hydrogens is 363 g/mol. The molecule has 3 aromatic rings. The van der Waals surface area contributed by atoms with Crippen LogP contribution in [0.3, 0.4) is 0 Å². The fourth-order valence-corrected chi connectivity index (χ4v) is 2.95. The molecule has 0 aliphatic heterocycles. The number of carbonyl (C=O) groups is 1. The van der Waals surface area contributed by atoms with E-state index >= 15 is 0 Å². The standard InChI is InChI=1S/C17H14ClFN4O3/c1-8-13(6-10(19)7-20-8)23-15(9(2)21-17(25)26)22-12-5-3-4-11(18)14(12)16(23)24/h3-7,9,21H,1-2H3,(H,25,26)/t9-/m0/s1. The Morgan fingerprint density at radius 3 is 2.85 bits per heavy atom. The van der Waals surface area contributed by atoms with Crippen molar-refractivity contribution in [3.63, 3.8) is 0 Å². The van der Waals surface area contributed by atoms with Crippen LogP contribution in [0.5, 0.6) is 0 Å². The Morgan fingerprint density at radius 1 is 1.42 bits per heavy atom. The van der Waals surface area contributed by atoms with Gasteiger partial charge in [-0.25, -0.2) is 14.2 Å². The monoisotopic (exact) mass is 376 g/mol. The second-order valence-corrected chi connectivity index (χ2v) is 6.08. The Kier molecular flexibility index (Phi) is 4.60. The van der Waals surface area contributed by atoms with E-state index in [1.807, 2.05) is 0 Å². The van der Waals surface area contributed by atoms with Crippen LogP contribution in [0.2, 0.25) is 5.02 Å². The molecule has 0 aliphatic carbocycles. The molecule has 0 spiro atoms. The molecule has 3 rings (SSSR count). The second-order valence-electron chi connectivity index (χ2n) is 5.67. The Morgan fingerprint density at radius 2 is 2.15 bits per heavy atom. The zero-order chi connectivity index (χ0) is 19.0. The van der Waals surface area contributed by atoms with Crippen molar-refractivity contribution in [2.75, 3.05) is 0 Å². The summed E-state index contributed by atoms with van der Waals surface area (Å²) in [4.78, 5) is 32.5. The van der Waals surface area contributed by atoms with Crippen LogP contribution in [0.4, 0.5) is 9.18 Å². The minimum atomic E-state index is -1.28. The first-order valence-electron chi connectivity index (χ1n) is 7.62. The number of amides is 1. The first-order valence-corrected chi connectivity index (χ1v) is 8.00. The Balaban J connectivity index is 2.43. The zero-order valence-corrected chi connectivity index (χ0v) is 14.6. The molecule has 1 aromatic carbocycles. The van der Waals surface area contributed by atoms with Crippen molar-refractivity contribution in [2.45, 2.75) is 19.9 Å². The van der Waals surface area contributed by atoms with Gasteiger partial charge in [0.25, 0.3) is 5.56 Å². The highest BCUT2D eigenvalue weighted by molar-refractivity contribution is 6.35. The van der Waals surface area contributed by atoms with E-state index in [9.17, 15) is 14.0 Å². The molecule has 9 heteroatoms. The number of rotatable bonds is 3. The second kappa shape index (κ2) is 6.72. The Labute approximate surface area is 152 Å². The summed E-state index contributed by atoms with van der Waals surface area (Å²) in [6, 6.07) is 5.08. The molecule has 0 saturated heterocycles. The number of benzene rings is 1. The zero-order valence-electron chi connectivity index (χ0n) is 13.8. The van der Waals surface area contributed by atoms with E-state index in [2.05, 4.69) is 15.3 Å². The number of aryl methyl sites for hydroxylation is 1. The van der Waals surface area contributed by atoms with Gasteiger partial charge in [0.1, 0.15) is 11.6 Å². The van der Waals surface area contributed by atoms with Gasteiger partial charge in [0.15, 0.2) is 0 Å². The fraction of sp³-hybridized carbons (Fsp3) is 0.176. The van der Waals surface area contributed by atoms with Gasteiger partial charge in [-0.15, -0.1) is 0 Å². The van der Waals surface area contributed by atoms with Crippen molar-refractivity contribution in [2.24, 2.45) is 0 Å². The molecule has 2 N–H and O–H groups in total. The van der Waals surface area contributed by atoms with Gasteiger partial charge in [-0.1, -0.05) is 17.7 Å². The third kappa shape index (κ3) is 3.11. The van der Waals surface area contributed by atoms with E-state index in [0.717, 1.165) is 16.8 Å². The lowest BCUT2D eigenvalue weighted by atomic mass is 10.2. The lowest BCUT2D eigenvalue weighted by Crippen LogP contribution is -2.33. The van der Waals surface area contributed by atoms with Crippen molar-refractivity contribution in [3.8, 4) is 5.69 Å². The minimum Gasteiger partial charge on any atom is -0.465 e. The third-order valence-corrected chi connectivity index (χ3v) is 4.18. The number of pyridine rings is 1. The summed E-state index contributed by atoms with van der Waals surface area (Å²) in [7, 11) is 0. The third-order valence-electron chi connectivity index (χ3n) is 3.87. The Bertz CT molecular complexity index is 1080. The average Bonchev–Trinajstić information content (AvgIpc) is 2.56. The number of nitrogens with one attached hydrogen (secondary N) is 1. The quantitative estimate of drug-likeness (QED) is 0.731. The highest BCUT2D eigenvalue weighted by Crippen LogP contribution is 2.23. The summed E-state index contributed by atoms with van der Waals surface area (Å²) < 4.78 is 14.9. The summed E-state index contributed by atoms with van der Waals surface area (Å²) >= 11 is 6.16. The van der Waals surface area contributed by atoms with Crippen LogP contribution >= 0.6 is 11.6 Å². The first-order chi connectivity index (χ1) is 12.3. The predicted octanol–water partition coefficient (Wildman–Crippen LogP) is 3.21. The van der Waals surface area contributed by atoms with Gasteiger partial charge in [-0.05, 0) is 26.0 Å². The average molecular weight is 377 g/mol. The molecular formula is C17H14ClFN4O3. The number of nitrogens with zero attached hydrogens (tertiary/aromatic N) is 3. The lowest BCUT2D eigenvalue weighted by molar-refractivity contribution is 0.190. The molecule has 26 heavy (non-hydrogen) atoms. The molecule has 1 amide bonds. The predicted molar refractivity (Wildman–Crippen MR) is 94.4 cm³/mol. The highest BCUT2D eigenvalue weighted by atomic mass is 35.5. The molecule has 0 unspecified atom stereocenters.